The lowest BCUT2D eigenvalue weighted by Crippen LogP contribution is -2.35. The van der Waals surface area contributed by atoms with E-state index in [9.17, 15) is 0 Å². The molecule has 3 aromatic rings. The van der Waals surface area contributed by atoms with E-state index in [1.165, 1.54) is 6.42 Å². The Morgan fingerprint density at radius 2 is 1.88 bits per heavy atom. The molecule has 2 aromatic carbocycles. The Morgan fingerprint density at radius 1 is 1.09 bits per heavy atom. The van der Waals surface area contributed by atoms with Crippen LogP contribution in [-0.2, 0) is 6.54 Å². The molecule has 2 N–H and O–H groups in total. The van der Waals surface area contributed by atoms with Crippen molar-refractivity contribution >= 4 is 29.1 Å². The number of aromatic nitrogens is 2. The van der Waals surface area contributed by atoms with Crippen LogP contribution in [0, 0.1) is 5.92 Å². The third-order valence-corrected chi connectivity index (χ3v) is 5.72. The first-order chi connectivity index (χ1) is 16.1. The molecule has 4 rings (SSSR count). The largest absolute Gasteiger partial charge is 0.497 e. The van der Waals surface area contributed by atoms with Crippen LogP contribution < -0.4 is 25.0 Å². The van der Waals surface area contributed by atoms with E-state index in [2.05, 4.69) is 27.4 Å². The van der Waals surface area contributed by atoms with Gasteiger partial charge in [0.15, 0.2) is 5.11 Å². The van der Waals surface area contributed by atoms with E-state index in [1.807, 2.05) is 60.7 Å². The molecule has 33 heavy (non-hydrogen) atoms. The van der Waals surface area contributed by atoms with Crippen LogP contribution >= 0.6 is 12.2 Å². The van der Waals surface area contributed by atoms with Crippen molar-refractivity contribution in [2.24, 2.45) is 5.92 Å². The van der Waals surface area contributed by atoms with Gasteiger partial charge in [0, 0.05) is 25.7 Å². The van der Waals surface area contributed by atoms with Crippen LogP contribution in [0.3, 0.4) is 0 Å². The number of nitrogens with one attached hydrogen (secondary N) is 2. The van der Waals surface area contributed by atoms with Gasteiger partial charge in [0.1, 0.15) is 17.3 Å². The lowest BCUT2D eigenvalue weighted by molar-refractivity contribution is 0.414. The van der Waals surface area contributed by atoms with Crippen molar-refractivity contribution in [3.63, 3.8) is 0 Å². The summed E-state index contributed by atoms with van der Waals surface area (Å²) in [6, 6.07) is 19.3. The number of methoxy groups -OCH3 is 1. The van der Waals surface area contributed by atoms with Crippen LogP contribution in [0.5, 0.6) is 17.4 Å². The lowest BCUT2D eigenvalue weighted by atomic mass is 10.0. The number of hydrogen-bond acceptors (Lipinski definition) is 6. The topological polar surface area (TPSA) is 71.5 Å². The third-order valence-electron chi connectivity index (χ3n) is 5.47. The van der Waals surface area contributed by atoms with Gasteiger partial charge in [-0.3, -0.25) is 0 Å². The summed E-state index contributed by atoms with van der Waals surface area (Å²) in [5.41, 5.74) is 1.09. The molecule has 7 nitrogen and oxygen atoms in total. The molecule has 2 heterocycles. The first kappa shape index (κ1) is 22.8. The van der Waals surface area contributed by atoms with Gasteiger partial charge in [0.25, 0.3) is 0 Å². The van der Waals surface area contributed by atoms with Crippen LogP contribution in [0.1, 0.15) is 25.3 Å². The number of anilines is 2. The summed E-state index contributed by atoms with van der Waals surface area (Å²) >= 11 is 5.49. The second-order valence-corrected chi connectivity index (χ2v) is 8.56. The Balaban J connectivity index is 1.48. The first-order valence-corrected chi connectivity index (χ1v) is 11.5. The maximum absolute atomic E-state index is 6.02. The Labute approximate surface area is 200 Å². The molecule has 172 valence electrons. The van der Waals surface area contributed by atoms with Gasteiger partial charge in [-0.1, -0.05) is 37.3 Å². The minimum Gasteiger partial charge on any atom is -0.497 e. The van der Waals surface area contributed by atoms with Crippen LogP contribution in [0.25, 0.3) is 0 Å². The zero-order chi connectivity index (χ0) is 23.0. The number of piperidine rings is 1. The van der Waals surface area contributed by atoms with Crippen LogP contribution in [-0.4, -0.2) is 35.3 Å². The first-order valence-electron chi connectivity index (χ1n) is 11.1. The summed E-state index contributed by atoms with van der Waals surface area (Å²) in [4.78, 5) is 11.6. The number of nitrogens with zero attached hydrogens (tertiary/aromatic N) is 3. The molecule has 1 saturated heterocycles. The van der Waals surface area contributed by atoms with Crippen molar-refractivity contribution in [2.75, 3.05) is 30.4 Å². The molecule has 0 radical (unpaired) electrons. The summed E-state index contributed by atoms with van der Waals surface area (Å²) in [7, 11) is 1.65. The molecule has 0 spiro atoms. The lowest BCUT2D eigenvalue weighted by Gasteiger charge is -2.32. The average Bonchev–Trinajstić information content (AvgIpc) is 2.83. The molecule has 1 atom stereocenters. The summed E-state index contributed by atoms with van der Waals surface area (Å²) in [6.07, 6.45) is 2.38. The molecule has 0 saturated carbocycles. The van der Waals surface area contributed by atoms with Gasteiger partial charge in [-0.2, -0.15) is 9.97 Å². The van der Waals surface area contributed by atoms with Crippen molar-refractivity contribution in [2.45, 2.75) is 26.3 Å². The fourth-order valence-corrected chi connectivity index (χ4v) is 3.92. The number of rotatable bonds is 7. The third kappa shape index (κ3) is 6.55. The number of hydrogen-bond donors (Lipinski definition) is 2. The highest BCUT2D eigenvalue weighted by Crippen LogP contribution is 2.27. The predicted octanol–water partition coefficient (Wildman–Crippen LogP) is 5.00. The maximum atomic E-state index is 6.02. The van der Waals surface area contributed by atoms with Gasteiger partial charge in [-0.15, -0.1) is 0 Å². The van der Waals surface area contributed by atoms with E-state index in [0.29, 0.717) is 29.4 Å². The Hall–Kier alpha value is -3.39. The molecule has 0 bridgehead atoms. The molecule has 0 aliphatic carbocycles. The van der Waals surface area contributed by atoms with Crippen molar-refractivity contribution < 1.29 is 9.47 Å². The van der Waals surface area contributed by atoms with Crippen molar-refractivity contribution in [3.05, 3.63) is 66.2 Å². The Kier molecular flexibility index (Phi) is 7.57. The van der Waals surface area contributed by atoms with Gasteiger partial charge in [-0.25, -0.2) is 0 Å². The minimum absolute atomic E-state index is 0.406. The van der Waals surface area contributed by atoms with Gasteiger partial charge in [0.2, 0.25) is 11.8 Å². The fourth-order valence-electron chi connectivity index (χ4n) is 3.76. The SMILES string of the molecule is COc1ccc(CNC(=S)Nc2nc(Oc3ccccc3)cc(N3CCC[C@H](C)C3)n2)cc1. The maximum Gasteiger partial charge on any atom is 0.234 e. The molecule has 0 unspecified atom stereocenters. The summed E-state index contributed by atoms with van der Waals surface area (Å²) < 4.78 is 11.2. The zero-order valence-corrected chi connectivity index (χ0v) is 19.8. The van der Waals surface area contributed by atoms with Crippen LogP contribution in [0.4, 0.5) is 11.8 Å². The molecule has 1 aromatic heterocycles. The highest BCUT2D eigenvalue weighted by Gasteiger charge is 2.20. The smallest absolute Gasteiger partial charge is 0.234 e. The number of ether oxygens (including phenoxy) is 2. The molecule has 1 aliphatic heterocycles. The van der Waals surface area contributed by atoms with Crippen molar-refractivity contribution in [1.29, 1.82) is 0 Å². The normalized spacial score (nSPS) is 15.6. The van der Waals surface area contributed by atoms with Crippen molar-refractivity contribution in [3.8, 4) is 17.4 Å². The second-order valence-electron chi connectivity index (χ2n) is 8.15. The Morgan fingerprint density at radius 3 is 2.61 bits per heavy atom. The molecular weight excluding hydrogens is 434 g/mol. The average molecular weight is 464 g/mol. The standard InChI is InChI=1S/C25H29N5O2S/c1-18-7-6-14-30(17-18)22-15-23(32-21-8-4-3-5-9-21)28-24(27-22)29-25(33)26-16-19-10-12-20(31-2)13-11-19/h3-5,8-13,15,18H,6-7,14,16-17H2,1-2H3,(H2,26,27,28,29,33)/t18-/m0/s1. The molecular formula is C25H29N5O2S. The molecule has 0 amide bonds. The Bertz CT molecular complexity index is 1060. The molecule has 1 fully saturated rings. The second kappa shape index (κ2) is 11.0. The van der Waals surface area contributed by atoms with Gasteiger partial charge in [0.05, 0.1) is 7.11 Å². The van der Waals surface area contributed by atoms with Crippen LogP contribution in [0.2, 0.25) is 0 Å². The summed E-state index contributed by atoms with van der Waals surface area (Å²) in [6.45, 7) is 4.77. The minimum atomic E-state index is 0.406. The molecule has 1 aliphatic rings. The molecule has 8 heteroatoms. The highest BCUT2D eigenvalue weighted by molar-refractivity contribution is 7.80. The van der Waals surface area contributed by atoms with E-state index in [0.717, 1.165) is 42.4 Å². The zero-order valence-electron chi connectivity index (χ0n) is 19.0. The fraction of sp³-hybridized carbons (Fsp3) is 0.320. The van der Waals surface area contributed by atoms with Gasteiger partial charge >= 0.3 is 0 Å². The number of thiocarbonyl (C=S) groups is 1. The number of para-hydroxylation sites is 1. The van der Waals surface area contributed by atoms with E-state index in [-0.39, 0.29) is 0 Å². The van der Waals surface area contributed by atoms with E-state index >= 15 is 0 Å². The van der Waals surface area contributed by atoms with E-state index < -0.39 is 0 Å². The van der Waals surface area contributed by atoms with E-state index in [1.54, 1.807) is 7.11 Å². The summed E-state index contributed by atoms with van der Waals surface area (Å²) in [5, 5.41) is 6.77. The van der Waals surface area contributed by atoms with Gasteiger partial charge < -0.3 is 25.0 Å². The predicted molar refractivity (Wildman–Crippen MR) is 135 cm³/mol. The van der Waals surface area contributed by atoms with Gasteiger partial charge in [-0.05, 0) is 60.8 Å². The van der Waals surface area contributed by atoms with Crippen LogP contribution in [0.15, 0.2) is 60.7 Å². The monoisotopic (exact) mass is 463 g/mol. The quantitative estimate of drug-likeness (QED) is 0.475. The van der Waals surface area contributed by atoms with Crippen molar-refractivity contribution in [1.82, 2.24) is 15.3 Å². The summed E-state index contributed by atoms with van der Waals surface area (Å²) in [5.74, 6) is 3.88. The van der Waals surface area contributed by atoms with E-state index in [4.69, 9.17) is 26.7 Å². The highest BCUT2D eigenvalue weighted by atomic mass is 32.1. The number of benzene rings is 2.